The lowest BCUT2D eigenvalue weighted by Gasteiger charge is -2.02. The molecule has 1 saturated heterocycles. The summed E-state index contributed by atoms with van der Waals surface area (Å²) < 4.78 is 4.51. The molecule has 0 saturated carbocycles. The van der Waals surface area contributed by atoms with Crippen LogP contribution in [0.3, 0.4) is 0 Å². The molecule has 15 heavy (non-hydrogen) atoms. The molecule has 4 nitrogen and oxygen atoms in total. The van der Waals surface area contributed by atoms with Gasteiger partial charge in [-0.05, 0) is 0 Å². The van der Waals surface area contributed by atoms with Gasteiger partial charge in [0, 0.05) is 5.56 Å². The molecule has 1 aromatic rings. The highest BCUT2D eigenvalue weighted by atomic mass is 16.5. The molecule has 2 rings (SSSR count). The van der Waals surface area contributed by atoms with E-state index in [1.807, 2.05) is 0 Å². The second-order valence-electron chi connectivity index (χ2n) is 3.24. The number of cyclic esters (lactones) is 1. The molecular formula is C11H8O4. The van der Waals surface area contributed by atoms with Gasteiger partial charge >= 0.3 is 5.97 Å². The lowest BCUT2D eigenvalue weighted by molar-refractivity contribution is -0.139. The molecule has 1 unspecified atom stereocenters. The van der Waals surface area contributed by atoms with Crippen molar-refractivity contribution in [2.75, 3.05) is 6.61 Å². The van der Waals surface area contributed by atoms with E-state index in [2.05, 4.69) is 4.74 Å². The predicted octanol–water partition coefficient (Wildman–Crippen LogP) is 0.611. The van der Waals surface area contributed by atoms with E-state index < -0.39 is 23.5 Å². The van der Waals surface area contributed by atoms with Crippen molar-refractivity contribution in [3.8, 4) is 0 Å². The average molecular weight is 204 g/mol. The van der Waals surface area contributed by atoms with Gasteiger partial charge in [-0.25, -0.2) is 0 Å². The van der Waals surface area contributed by atoms with Gasteiger partial charge in [-0.2, -0.15) is 0 Å². The van der Waals surface area contributed by atoms with Crippen LogP contribution in [-0.2, 0) is 14.3 Å². The first-order chi connectivity index (χ1) is 7.20. The number of carbonyl (C=O) groups excluding carboxylic acids is 3. The Balaban J connectivity index is 2.29. The molecule has 0 amide bonds. The molecule has 0 N–H and O–H groups in total. The molecule has 0 spiro atoms. The van der Waals surface area contributed by atoms with E-state index >= 15 is 0 Å². The summed E-state index contributed by atoms with van der Waals surface area (Å²) in [5.74, 6) is -2.95. The summed E-state index contributed by atoms with van der Waals surface area (Å²) in [5.41, 5.74) is 0.356. The minimum absolute atomic E-state index is 0.290. The normalized spacial score (nSPS) is 20.1. The van der Waals surface area contributed by atoms with Crippen molar-refractivity contribution in [3.63, 3.8) is 0 Å². The molecular weight excluding hydrogens is 196 g/mol. The van der Waals surface area contributed by atoms with E-state index in [0.717, 1.165) is 0 Å². The first kappa shape index (κ1) is 9.58. The monoisotopic (exact) mass is 204 g/mol. The van der Waals surface area contributed by atoms with Crippen molar-refractivity contribution in [3.05, 3.63) is 35.9 Å². The minimum Gasteiger partial charge on any atom is -0.457 e. The maximum absolute atomic E-state index is 11.7. The number of ketones is 2. The van der Waals surface area contributed by atoms with Gasteiger partial charge in [0.2, 0.25) is 0 Å². The Hall–Kier alpha value is -1.97. The van der Waals surface area contributed by atoms with Crippen molar-refractivity contribution < 1.29 is 19.1 Å². The summed E-state index contributed by atoms with van der Waals surface area (Å²) in [5, 5.41) is 0. The standard InChI is InChI=1S/C11H8O4/c12-8-6-15-11(14)9(8)10(13)7-4-2-1-3-5-7/h1-5,9H,6H2. The summed E-state index contributed by atoms with van der Waals surface area (Å²) in [4.78, 5) is 34.1. The van der Waals surface area contributed by atoms with Gasteiger partial charge in [-0.3, -0.25) is 14.4 Å². The molecule has 4 heteroatoms. The zero-order valence-electron chi connectivity index (χ0n) is 7.80. The Morgan fingerprint density at radius 2 is 1.87 bits per heavy atom. The van der Waals surface area contributed by atoms with Gasteiger partial charge < -0.3 is 4.74 Å². The van der Waals surface area contributed by atoms with Crippen LogP contribution in [0.1, 0.15) is 10.4 Å². The first-order valence-corrected chi connectivity index (χ1v) is 4.49. The minimum atomic E-state index is -1.26. The van der Waals surface area contributed by atoms with Crippen LogP contribution < -0.4 is 0 Å². The molecule has 1 aliphatic rings. The highest BCUT2D eigenvalue weighted by Crippen LogP contribution is 2.16. The molecule has 1 fully saturated rings. The van der Waals surface area contributed by atoms with Crippen LogP contribution in [0.4, 0.5) is 0 Å². The first-order valence-electron chi connectivity index (χ1n) is 4.49. The highest BCUT2D eigenvalue weighted by Gasteiger charge is 2.41. The fourth-order valence-electron chi connectivity index (χ4n) is 1.46. The average Bonchev–Trinajstić information content (AvgIpc) is 2.59. The van der Waals surface area contributed by atoms with E-state index in [1.54, 1.807) is 30.3 Å². The van der Waals surface area contributed by atoms with Crippen molar-refractivity contribution >= 4 is 17.5 Å². The van der Waals surface area contributed by atoms with E-state index in [-0.39, 0.29) is 6.61 Å². The summed E-state index contributed by atoms with van der Waals surface area (Å²) in [6.45, 7) is -0.290. The van der Waals surface area contributed by atoms with Crippen LogP contribution in [0.25, 0.3) is 0 Å². The number of Topliss-reactive ketones (excluding diaryl/α,β-unsaturated/α-hetero) is 2. The Bertz CT molecular complexity index is 405. The Morgan fingerprint density at radius 3 is 2.40 bits per heavy atom. The molecule has 0 aliphatic carbocycles. The third-order valence-corrected chi connectivity index (χ3v) is 2.23. The van der Waals surface area contributed by atoms with Crippen LogP contribution in [0.2, 0.25) is 0 Å². The van der Waals surface area contributed by atoms with Crippen LogP contribution >= 0.6 is 0 Å². The number of hydrogen-bond acceptors (Lipinski definition) is 4. The van der Waals surface area contributed by atoms with Gasteiger partial charge in [0.1, 0.15) is 0 Å². The molecule has 0 bridgehead atoms. The van der Waals surface area contributed by atoms with Crippen molar-refractivity contribution in [2.45, 2.75) is 0 Å². The molecule has 1 atom stereocenters. The third kappa shape index (κ3) is 1.66. The van der Waals surface area contributed by atoms with Crippen LogP contribution in [0.15, 0.2) is 30.3 Å². The lowest BCUT2D eigenvalue weighted by atomic mass is 9.96. The lowest BCUT2D eigenvalue weighted by Crippen LogP contribution is -2.25. The van der Waals surface area contributed by atoms with Gasteiger partial charge in [0.25, 0.3) is 0 Å². The molecule has 1 heterocycles. The van der Waals surface area contributed by atoms with Crippen molar-refractivity contribution in [2.24, 2.45) is 5.92 Å². The second-order valence-corrected chi connectivity index (χ2v) is 3.24. The SMILES string of the molecule is O=C1COC(=O)C1C(=O)c1ccccc1. The topological polar surface area (TPSA) is 60.4 Å². The number of rotatable bonds is 2. The summed E-state index contributed by atoms with van der Waals surface area (Å²) in [7, 11) is 0. The quantitative estimate of drug-likeness (QED) is 0.402. The molecule has 1 aromatic carbocycles. The van der Waals surface area contributed by atoms with Gasteiger partial charge in [0.15, 0.2) is 24.1 Å². The summed E-state index contributed by atoms with van der Waals surface area (Å²) in [6.07, 6.45) is 0. The smallest absolute Gasteiger partial charge is 0.325 e. The van der Waals surface area contributed by atoms with E-state index in [4.69, 9.17) is 0 Å². The summed E-state index contributed by atoms with van der Waals surface area (Å²) in [6, 6.07) is 8.25. The number of benzene rings is 1. The Labute approximate surface area is 85.8 Å². The predicted molar refractivity (Wildman–Crippen MR) is 50.2 cm³/mol. The molecule has 0 radical (unpaired) electrons. The van der Waals surface area contributed by atoms with Crippen LogP contribution in [0.5, 0.6) is 0 Å². The van der Waals surface area contributed by atoms with E-state index in [0.29, 0.717) is 5.56 Å². The number of esters is 1. The van der Waals surface area contributed by atoms with E-state index in [1.165, 1.54) is 0 Å². The zero-order chi connectivity index (χ0) is 10.8. The third-order valence-electron chi connectivity index (χ3n) is 2.23. The second kappa shape index (κ2) is 3.65. The molecule has 1 aliphatic heterocycles. The largest absolute Gasteiger partial charge is 0.457 e. The maximum atomic E-state index is 11.7. The number of carbonyl (C=O) groups is 3. The van der Waals surface area contributed by atoms with Crippen molar-refractivity contribution in [1.82, 2.24) is 0 Å². The molecule has 0 aromatic heterocycles. The fraction of sp³-hybridized carbons (Fsp3) is 0.182. The van der Waals surface area contributed by atoms with Crippen LogP contribution in [-0.4, -0.2) is 24.1 Å². The Kier molecular flexibility index (Phi) is 2.33. The fourth-order valence-corrected chi connectivity index (χ4v) is 1.46. The zero-order valence-corrected chi connectivity index (χ0v) is 7.80. The van der Waals surface area contributed by atoms with Crippen molar-refractivity contribution in [1.29, 1.82) is 0 Å². The van der Waals surface area contributed by atoms with Gasteiger partial charge in [-0.15, -0.1) is 0 Å². The Morgan fingerprint density at radius 1 is 1.20 bits per heavy atom. The number of hydrogen-bond donors (Lipinski definition) is 0. The van der Waals surface area contributed by atoms with Crippen LogP contribution in [0, 0.1) is 5.92 Å². The van der Waals surface area contributed by atoms with Gasteiger partial charge in [-0.1, -0.05) is 30.3 Å². The molecule has 76 valence electrons. The van der Waals surface area contributed by atoms with Gasteiger partial charge in [0.05, 0.1) is 0 Å². The summed E-state index contributed by atoms with van der Waals surface area (Å²) >= 11 is 0. The maximum Gasteiger partial charge on any atom is 0.325 e. The highest BCUT2D eigenvalue weighted by molar-refractivity contribution is 6.25. The number of ether oxygens (including phenoxy) is 1. The van der Waals surface area contributed by atoms with E-state index in [9.17, 15) is 14.4 Å².